The molecule has 114 valence electrons. The Morgan fingerprint density at radius 1 is 0.739 bits per heavy atom. The maximum Gasteiger partial charge on any atom is 0.113 e. The van der Waals surface area contributed by atoms with Gasteiger partial charge in [0.15, 0.2) is 0 Å². The maximum atomic E-state index is 4.34. The number of halogens is 1. The number of aromatic nitrogens is 1. The molecule has 1 aromatic heterocycles. The zero-order valence-corrected chi connectivity index (χ0v) is 16.1. The molecule has 1 nitrogen and oxygen atoms in total. The molecule has 0 fully saturated rings. The van der Waals surface area contributed by atoms with Gasteiger partial charge in [0.1, 0.15) is 4.60 Å². The van der Waals surface area contributed by atoms with Crippen molar-refractivity contribution in [3.05, 3.63) is 59.3 Å². The summed E-state index contributed by atoms with van der Waals surface area (Å²) < 4.78 is 0.908. The first-order valence-corrected chi connectivity index (χ1v) is 12.1. The third kappa shape index (κ3) is 2.39. The molecule has 4 rings (SSSR count). The summed E-state index contributed by atoms with van der Waals surface area (Å²) in [4.78, 5) is 4.34. The second kappa shape index (κ2) is 5.15. The molecule has 0 radical (unpaired) electrons. The largest absolute Gasteiger partial charge is 0.249 e. The van der Waals surface area contributed by atoms with Crippen LogP contribution in [0.1, 0.15) is 0 Å². The molecule has 0 N–H and O–H groups in total. The molecule has 0 bridgehead atoms. The minimum Gasteiger partial charge on any atom is -0.249 e. The molecule has 23 heavy (non-hydrogen) atoms. The van der Waals surface area contributed by atoms with E-state index in [0.29, 0.717) is 0 Å². The van der Waals surface area contributed by atoms with E-state index in [1.54, 1.807) is 0 Å². The number of benzene rings is 3. The molecule has 0 aliphatic heterocycles. The van der Waals surface area contributed by atoms with E-state index in [1.165, 1.54) is 32.1 Å². The van der Waals surface area contributed by atoms with Crippen molar-refractivity contribution in [2.45, 2.75) is 19.6 Å². The van der Waals surface area contributed by atoms with Crippen molar-refractivity contribution >= 4 is 61.5 Å². The second-order valence-electron chi connectivity index (χ2n) is 7.11. The first-order chi connectivity index (χ1) is 10.9. The Hall–Kier alpha value is -1.71. The van der Waals surface area contributed by atoms with Gasteiger partial charge >= 0.3 is 0 Å². The van der Waals surface area contributed by atoms with E-state index in [4.69, 9.17) is 0 Å². The van der Waals surface area contributed by atoms with Crippen LogP contribution in [0.2, 0.25) is 19.6 Å². The Balaban J connectivity index is 2.10. The second-order valence-corrected chi connectivity index (χ2v) is 12.9. The van der Waals surface area contributed by atoms with Crippen molar-refractivity contribution in [3.63, 3.8) is 0 Å². The number of pyridine rings is 1. The topological polar surface area (TPSA) is 12.9 Å². The van der Waals surface area contributed by atoms with Crippen LogP contribution in [0.15, 0.2) is 59.3 Å². The van der Waals surface area contributed by atoms with Crippen molar-refractivity contribution in [1.29, 1.82) is 0 Å². The van der Waals surface area contributed by atoms with Gasteiger partial charge in [-0.2, -0.15) is 0 Å². The summed E-state index contributed by atoms with van der Waals surface area (Å²) in [7, 11) is -1.28. The molecular formula is C20H18BrNSi. The molecule has 3 aromatic carbocycles. The fourth-order valence-corrected chi connectivity index (χ4v) is 4.88. The van der Waals surface area contributed by atoms with E-state index < -0.39 is 8.07 Å². The Morgan fingerprint density at radius 2 is 1.35 bits per heavy atom. The average Bonchev–Trinajstić information content (AvgIpc) is 2.53. The molecule has 0 aliphatic carbocycles. The Bertz CT molecular complexity index is 1060. The lowest BCUT2D eigenvalue weighted by molar-refractivity contribution is 1.32. The Morgan fingerprint density at radius 3 is 2.13 bits per heavy atom. The first-order valence-electron chi connectivity index (χ1n) is 7.85. The molecule has 4 aromatic rings. The number of rotatable bonds is 1. The smallest absolute Gasteiger partial charge is 0.113 e. The van der Waals surface area contributed by atoms with Gasteiger partial charge in [-0.15, -0.1) is 0 Å². The Labute approximate surface area is 145 Å². The van der Waals surface area contributed by atoms with E-state index in [9.17, 15) is 0 Å². The van der Waals surface area contributed by atoms with Gasteiger partial charge in [-0.25, -0.2) is 4.98 Å². The molecule has 0 unspecified atom stereocenters. The minimum absolute atomic E-state index is 0.908. The van der Waals surface area contributed by atoms with Gasteiger partial charge in [-0.3, -0.25) is 0 Å². The number of fused-ring (bicyclic) bond motifs is 5. The van der Waals surface area contributed by atoms with E-state index in [-0.39, 0.29) is 0 Å². The maximum absolute atomic E-state index is 4.34. The van der Waals surface area contributed by atoms with Crippen LogP contribution in [0.4, 0.5) is 0 Å². The van der Waals surface area contributed by atoms with E-state index in [2.05, 4.69) is 89.1 Å². The van der Waals surface area contributed by atoms with E-state index in [0.717, 1.165) is 9.99 Å². The van der Waals surface area contributed by atoms with Gasteiger partial charge in [0.2, 0.25) is 0 Å². The van der Waals surface area contributed by atoms with Gasteiger partial charge in [0.05, 0.1) is 8.07 Å². The predicted molar refractivity (Wildman–Crippen MR) is 107 cm³/mol. The van der Waals surface area contributed by atoms with Crippen LogP contribution in [-0.4, -0.2) is 13.1 Å². The highest BCUT2D eigenvalue weighted by Crippen LogP contribution is 2.33. The SMILES string of the molecule is C[Si](C)(C)c1ccc2c(ccc3c4ccnc(Br)c4ccc23)c1. The summed E-state index contributed by atoms with van der Waals surface area (Å²) >= 11 is 3.56. The molecule has 1 heterocycles. The summed E-state index contributed by atoms with van der Waals surface area (Å²) in [5, 5.41) is 9.20. The molecule has 0 saturated heterocycles. The fourth-order valence-electron chi connectivity index (χ4n) is 3.24. The van der Waals surface area contributed by atoms with Gasteiger partial charge in [-0.1, -0.05) is 67.3 Å². The summed E-state index contributed by atoms with van der Waals surface area (Å²) in [5.74, 6) is 0. The highest BCUT2D eigenvalue weighted by Gasteiger charge is 2.17. The monoisotopic (exact) mass is 379 g/mol. The molecular weight excluding hydrogens is 362 g/mol. The zero-order chi connectivity index (χ0) is 16.2. The third-order valence-corrected chi connectivity index (χ3v) is 7.25. The van der Waals surface area contributed by atoms with Gasteiger partial charge in [-0.05, 0) is 48.9 Å². The van der Waals surface area contributed by atoms with Gasteiger partial charge in [0.25, 0.3) is 0 Å². The third-order valence-electron chi connectivity index (χ3n) is 4.58. The Kier molecular flexibility index (Phi) is 3.32. The number of hydrogen-bond acceptors (Lipinski definition) is 1. The van der Waals surface area contributed by atoms with Crippen LogP contribution in [0.3, 0.4) is 0 Å². The fraction of sp³-hybridized carbons (Fsp3) is 0.150. The van der Waals surface area contributed by atoms with Crippen molar-refractivity contribution in [1.82, 2.24) is 4.98 Å². The van der Waals surface area contributed by atoms with Crippen molar-refractivity contribution < 1.29 is 0 Å². The van der Waals surface area contributed by atoms with Crippen LogP contribution in [0.5, 0.6) is 0 Å². The molecule has 3 heteroatoms. The summed E-state index contributed by atoms with van der Waals surface area (Å²) in [6.07, 6.45) is 1.87. The molecule has 0 saturated carbocycles. The normalized spacial score (nSPS) is 12.3. The van der Waals surface area contributed by atoms with E-state index in [1.807, 2.05) is 6.20 Å². The van der Waals surface area contributed by atoms with E-state index >= 15 is 0 Å². The van der Waals surface area contributed by atoms with Crippen molar-refractivity contribution in [2.75, 3.05) is 0 Å². The van der Waals surface area contributed by atoms with Crippen LogP contribution in [0.25, 0.3) is 32.3 Å². The van der Waals surface area contributed by atoms with Crippen LogP contribution in [-0.2, 0) is 0 Å². The molecule has 0 amide bonds. The van der Waals surface area contributed by atoms with Gasteiger partial charge < -0.3 is 0 Å². The quantitative estimate of drug-likeness (QED) is 0.229. The highest BCUT2D eigenvalue weighted by atomic mass is 79.9. The van der Waals surface area contributed by atoms with Crippen molar-refractivity contribution in [3.8, 4) is 0 Å². The number of nitrogens with zero attached hydrogens (tertiary/aromatic N) is 1. The van der Waals surface area contributed by atoms with Crippen LogP contribution >= 0.6 is 15.9 Å². The van der Waals surface area contributed by atoms with Crippen LogP contribution < -0.4 is 5.19 Å². The summed E-state index contributed by atoms with van der Waals surface area (Å²) in [5.41, 5.74) is 0. The minimum atomic E-state index is -1.28. The lowest BCUT2D eigenvalue weighted by atomic mass is 9.98. The number of hydrogen-bond donors (Lipinski definition) is 0. The highest BCUT2D eigenvalue weighted by molar-refractivity contribution is 9.10. The van der Waals surface area contributed by atoms with Gasteiger partial charge in [0, 0.05) is 11.6 Å². The first kappa shape index (κ1) is 14.9. The molecule has 0 spiro atoms. The summed E-state index contributed by atoms with van der Waals surface area (Å²) in [6.45, 7) is 7.19. The average molecular weight is 380 g/mol. The molecule has 0 aliphatic rings. The zero-order valence-electron chi connectivity index (χ0n) is 13.5. The molecule has 0 atom stereocenters. The van der Waals surface area contributed by atoms with Crippen molar-refractivity contribution in [2.24, 2.45) is 0 Å². The predicted octanol–water partition coefficient (Wildman–Crippen LogP) is 5.85. The van der Waals surface area contributed by atoms with Crippen LogP contribution in [0, 0.1) is 0 Å². The standard InChI is InChI=1S/C20H18BrNSi/c1-23(2,3)14-5-7-15-13(12-14)4-6-17-16(15)8-9-19-18(17)10-11-22-20(19)21/h4-12H,1-3H3. The summed E-state index contributed by atoms with van der Waals surface area (Å²) in [6, 6.07) is 18.0. The lowest BCUT2D eigenvalue weighted by Gasteiger charge is -2.17. The lowest BCUT2D eigenvalue weighted by Crippen LogP contribution is -2.37.